The van der Waals surface area contributed by atoms with Crippen LogP contribution in [0.2, 0.25) is 0 Å². The van der Waals surface area contributed by atoms with Gasteiger partial charge in [-0.2, -0.15) is 0 Å². The molecule has 0 aliphatic carbocycles. The number of fused-ring (bicyclic) bond motifs is 1. The minimum Gasteiger partial charge on any atom is -0.355 e. The van der Waals surface area contributed by atoms with E-state index in [1.54, 1.807) is 0 Å². The van der Waals surface area contributed by atoms with Gasteiger partial charge >= 0.3 is 0 Å². The summed E-state index contributed by atoms with van der Waals surface area (Å²) in [6, 6.07) is 1.02. The molecule has 7 unspecified atom stereocenters. The molecule has 0 aromatic heterocycles. The van der Waals surface area contributed by atoms with Crippen molar-refractivity contribution < 1.29 is 9.59 Å². The second-order valence-electron chi connectivity index (χ2n) is 8.83. The molecule has 2 rings (SSSR count). The number of nitrogens with one attached hydrogen (secondary N) is 4. The number of piperidine rings is 1. The van der Waals surface area contributed by atoms with Crippen LogP contribution in [0.3, 0.4) is 0 Å². The number of hydrogen-bond acceptors (Lipinski definition) is 6. The van der Waals surface area contributed by atoms with Crippen LogP contribution in [0, 0.1) is 23.7 Å². The van der Waals surface area contributed by atoms with Gasteiger partial charge in [0.25, 0.3) is 0 Å². The Bertz CT molecular complexity index is 501. The first-order valence-corrected chi connectivity index (χ1v) is 10.5. The second kappa shape index (κ2) is 9.96. The minimum absolute atomic E-state index is 0.0265. The number of aldehydes is 1. The van der Waals surface area contributed by atoms with Gasteiger partial charge in [0.15, 0.2) is 0 Å². The quantitative estimate of drug-likeness (QED) is 0.441. The average molecular weight is 382 g/mol. The molecular weight excluding hydrogens is 342 g/mol. The van der Waals surface area contributed by atoms with Gasteiger partial charge in [-0.25, -0.2) is 5.01 Å². The van der Waals surface area contributed by atoms with Crippen molar-refractivity contribution in [1.29, 1.82) is 0 Å². The summed E-state index contributed by atoms with van der Waals surface area (Å²) in [6.07, 6.45) is 2.93. The molecule has 1 amide bonds. The predicted octanol–water partition coefficient (Wildman–Crippen LogP) is 0.721. The summed E-state index contributed by atoms with van der Waals surface area (Å²) < 4.78 is 0. The van der Waals surface area contributed by atoms with Gasteiger partial charge in [0.1, 0.15) is 6.29 Å². The van der Waals surface area contributed by atoms with Crippen LogP contribution < -0.4 is 21.4 Å². The maximum atomic E-state index is 13.0. The van der Waals surface area contributed by atoms with E-state index in [1.165, 1.54) is 0 Å². The van der Waals surface area contributed by atoms with E-state index in [2.05, 4.69) is 61.0 Å². The molecule has 0 bridgehead atoms. The normalized spacial score (nSPS) is 32.0. The third-order valence-electron chi connectivity index (χ3n) is 6.32. The summed E-state index contributed by atoms with van der Waals surface area (Å²) in [5, 5.41) is 12.2. The molecule has 7 atom stereocenters. The maximum absolute atomic E-state index is 13.0. The molecule has 2 aliphatic heterocycles. The molecule has 2 saturated heterocycles. The zero-order chi connectivity index (χ0) is 20.1. The Labute approximate surface area is 164 Å². The molecule has 0 saturated carbocycles. The van der Waals surface area contributed by atoms with E-state index in [0.29, 0.717) is 24.7 Å². The number of carbonyl (C=O) groups excluding carboxylic acids is 2. The largest absolute Gasteiger partial charge is 0.355 e. The predicted molar refractivity (Wildman–Crippen MR) is 108 cm³/mol. The Kier molecular flexibility index (Phi) is 8.21. The van der Waals surface area contributed by atoms with Crippen LogP contribution >= 0.6 is 0 Å². The molecule has 0 aromatic carbocycles. The lowest BCUT2D eigenvalue weighted by molar-refractivity contribution is -0.129. The molecule has 0 spiro atoms. The molecule has 2 fully saturated rings. The third kappa shape index (κ3) is 5.50. The van der Waals surface area contributed by atoms with Crippen LogP contribution in [-0.2, 0) is 9.59 Å². The first kappa shape index (κ1) is 22.3. The highest BCUT2D eigenvalue weighted by Crippen LogP contribution is 2.32. The fourth-order valence-corrected chi connectivity index (χ4v) is 4.50. The van der Waals surface area contributed by atoms with Crippen molar-refractivity contribution in [2.45, 2.75) is 71.8 Å². The molecule has 27 heavy (non-hydrogen) atoms. The Balaban J connectivity index is 1.95. The van der Waals surface area contributed by atoms with Gasteiger partial charge in [0.2, 0.25) is 5.91 Å². The fourth-order valence-electron chi connectivity index (χ4n) is 4.50. The lowest BCUT2D eigenvalue weighted by Gasteiger charge is -2.40. The van der Waals surface area contributed by atoms with Crippen LogP contribution in [0.15, 0.2) is 0 Å². The highest BCUT2D eigenvalue weighted by atomic mass is 16.2. The number of amides is 1. The van der Waals surface area contributed by atoms with Crippen LogP contribution in [0.4, 0.5) is 0 Å². The number of hydrogen-bond donors (Lipinski definition) is 4. The standard InChI is InChI=1S/C20H39N5O2/c1-12(2)25-19-18(10-23-25)17(8-15(5)24-19)20(27)22-9-16(11-26)13(3)7-14(4)21-6/h11-19,21,23-24H,7-10H2,1-6H3,(H,22,27). The van der Waals surface area contributed by atoms with Crippen molar-refractivity contribution in [2.75, 3.05) is 20.1 Å². The summed E-state index contributed by atoms with van der Waals surface area (Å²) in [7, 11) is 1.93. The van der Waals surface area contributed by atoms with E-state index >= 15 is 0 Å². The van der Waals surface area contributed by atoms with Crippen molar-refractivity contribution in [3.63, 3.8) is 0 Å². The van der Waals surface area contributed by atoms with Crippen LogP contribution in [0.5, 0.6) is 0 Å². The number of nitrogens with zero attached hydrogens (tertiary/aromatic N) is 1. The molecule has 0 radical (unpaired) electrons. The lowest BCUT2D eigenvalue weighted by atomic mass is 9.80. The van der Waals surface area contributed by atoms with Gasteiger partial charge in [-0.05, 0) is 53.5 Å². The van der Waals surface area contributed by atoms with Gasteiger partial charge in [-0.3, -0.25) is 15.5 Å². The van der Waals surface area contributed by atoms with Gasteiger partial charge in [0.05, 0.1) is 6.17 Å². The SMILES string of the molecule is CNC(C)CC(C)C(C=O)CNC(=O)C1CC(C)NC2C1CNN2C(C)C. The average Bonchev–Trinajstić information content (AvgIpc) is 3.04. The fraction of sp³-hybridized carbons (Fsp3) is 0.900. The minimum atomic E-state index is -0.145. The smallest absolute Gasteiger partial charge is 0.223 e. The van der Waals surface area contributed by atoms with E-state index in [9.17, 15) is 9.59 Å². The summed E-state index contributed by atoms with van der Waals surface area (Å²) in [6.45, 7) is 11.9. The summed E-state index contributed by atoms with van der Waals surface area (Å²) in [4.78, 5) is 24.5. The van der Waals surface area contributed by atoms with Crippen molar-refractivity contribution in [2.24, 2.45) is 23.7 Å². The third-order valence-corrected chi connectivity index (χ3v) is 6.32. The molecule has 4 N–H and O–H groups in total. The summed E-state index contributed by atoms with van der Waals surface area (Å²) in [5.41, 5.74) is 3.45. The van der Waals surface area contributed by atoms with Crippen molar-refractivity contribution in [1.82, 2.24) is 26.4 Å². The van der Waals surface area contributed by atoms with Crippen LogP contribution in [-0.4, -0.2) is 61.6 Å². The zero-order valence-electron chi connectivity index (χ0n) is 17.8. The van der Waals surface area contributed by atoms with Gasteiger partial charge in [-0.15, -0.1) is 0 Å². The van der Waals surface area contributed by atoms with Gasteiger partial charge in [0, 0.05) is 49.0 Å². The van der Waals surface area contributed by atoms with E-state index in [1.807, 2.05) is 7.05 Å². The number of rotatable bonds is 9. The van der Waals surface area contributed by atoms with Crippen molar-refractivity contribution in [3.8, 4) is 0 Å². The topological polar surface area (TPSA) is 85.5 Å². The number of carbonyl (C=O) groups is 2. The Morgan fingerprint density at radius 1 is 1.30 bits per heavy atom. The summed E-state index contributed by atoms with van der Waals surface area (Å²) >= 11 is 0. The molecular formula is C20H39N5O2. The Morgan fingerprint density at radius 2 is 2.00 bits per heavy atom. The van der Waals surface area contributed by atoms with Crippen molar-refractivity contribution in [3.05, 3.63) is 0 Å². The van der Waals surface area contributed by atoms with Crippen LogP contribution in [0.25, 0.3) is 0 Å². The van der Waals surface area contributed by atoms with E-state index < -0.39 is 0 Å². The molecule has 0 aromatic rings. The molecule has 7 nitrogen and oxygen atoms in total. The van der Waals surface area contributed by atoms with Gasteiger partial charge < -0.3 is 15.4 Å². The van der Waals surface area contributed by atoms with E-state index in [0.717, 1.165) is 25.7 Å². The van der Waals surface area contributed by atoms with E-state index in [4.69, 9.17) is 0 Å². The van der Waals surface area contributed by atoms with Crippen molar-refractivity contribution >= 4 is 12.2 Å². The first-order valence-electron chi connectivity index (χ1n) is 10.5. The molecule has 7 heteroatoms. The van der Waals surface area contributed by atoms with Crippen LogP contribution in [0.1, 0.15) is 47.5 Å². The second-order valence-corrected chi connectivity index (χ2v) is 8.83. The summed E-state index contributed by atoms with van der Waals surface area (Å²) in [5.74, 6) is 0.399. The highest BCUT2D eigenvalue weighted by molar-refractivity contribution is 5.79. The monoisotopic (exact) mass is 381 g/mol. The Hall–Kier alpha value is -1.02. The molecule has 2 aliphatic rings. The zero-order valence-corrected chi connectivity index (χ0v) is 17.8. The maximum Gasteiger partial charge on any atom is 0.223 e. The first-order chi connectivity index (χ1) is 12.8. The molecule has 156 valence electrons. The highest BCUT2D eigenvalue weighted by Gasteiger charge is 2.46. The molecule has 2 heterocycles. The van der Waals surface area contributed by atoms with Gasteiger partial charge in [-0.1, -0.05) is 6.92 Å². The Morgan fingerprint density at radius 3 is 2.59 bits per heavy atom. The van der Waals surface area contributed by atoms with E-state index in [-0.39, 0.29) is 35.7 Å². The lowest BCUT2D eigenvalue weighted by Crippen LogP contribution is -2.59. The number of hydrazine groups is 1.